The van der Waals surface area contributed by atoms with E-state index in [0.29, 0.717) is 6.04 Å². The monoisotopic (exact) mass is 219 g/mol. The Morgan fingerprint density at radius 3 is 2.50 bits per heavy atom. The van der Waals surface area contributed by atoms with Crippen molar-refractivity contribution in [2.75, 3.05) is 6.54 Å². The van der Waals surface area contributed by atoms with Crippen LogP contribution in [-0.2, 0) is 6.42 Å². The lowest BCUT2D eigenvalue weighted by molar-refractivity contribution is 0.451. The molecule has 2 unspecified atom stereocenters. The van der Waals surface area contributed by atoms with Gasteiger partial charge >= 0.3 is 0 Å². The van der Waals surface area contributed by atoms with Gasteiger partial charge < -0.3 is 5.32 Å². The molecule has 0 aliphatic carbocycles. The van der Waals surface area contributed by atoms with Crippen molar-refractivity contribution in [3.05, 3.63) is 35.4 Å². The van der Waals surface area contributed by atoms with Crippen LogP contribution in [0.4, 0.5) is 0 Å². The van der Waals surface area contributed by atoms with Crippen molar-refractivity contribution >= 4 is 0 Å². The minimum Gasteiger partial charge on any atom is -0.314 e. The lowest BCUT2D eigenvalue weighted by atomic mass is 10.0. The Bertz CT molecular complexity index is 306. The Morgan fingerprint density at radius 1 is 1.19 bits per heavy atom. The Morgan fingerprint density at radius 2 is 1.88 bits per heavy atom. The predicted molar refractivity (Wildman–Crippen MR) is 71.8 cm³/mol. The molecule has 0 heterocycles. The Hall–Kier alpha value is -0.820. The third-order valence-corrected chi connectivity index (χ3v) is 3.30. The zero-order valence-corrected chi connectivity index (χ0v) is 11.1. The van der Waals surface area contributed by atoms with Crippen molar-refractivity contribution in [1.82, 2.24) is 5.32 Å². The molecule has 1 heteroatoms. The SMILES string of the molecule is CCC(C)CNC(C)Cc1ccccc1C. The lowest BCUT2D eigenvalue weighted by Crippen LogP contribution is -2.32. The van der Waals surface area contributed by atoms with Gasteiger partial charge in [-0.1, -0.05) is 44.5 Å². The third-order valence-electron chi connectivity index (χ3n) is 3.30. The molecule has 0 bridgehead atoms. The predicted octanol–water partition coefficient (Wildman–Crippen LogP) is 3.56. The number of hydrogen-bond acceptors (Lipinski definition) is 1. The van der Waals surface area contributed by atoms with Gasteiger partial charge in [0.1, 0.15) is 0 Å². The number of benzene rings is 1. The molecule has 0 radical (unpaired) electrons. The maximum Gasteiger partial charge on any atom is 0.00793 e. The molecular formula is C15H25N. The summed E-state index contributed by atoms with van der Waals surface area (Å²) in [6.07, 6.45) is 2.38. The average Bonchev–Trinajstić information content (AvgIpc) is 2.29. The van der Waals surface area contributed by atoms with Gasteiger partial charge in [0.2, 0.25) is 0 Å². The molecule has 0 saturated carbocycles. The molecule has 1 nitrogen and oxygen atoms in total. The zero-order chi connectivity index (χ0) is 12.0. The summed E-state index contributed by atoms with van der Waals surface area (Å²) in [5.74, 6) is 0.777. The van der Waals surface area contributed by atoms with Crippen LogP contribution in [0.3, 0.4) is 0 Å². The third kappa shape index (κ3) is 4.36. The molecule has 0 amide bonds. The molecule has 0 aliphatic heterocycles. The van der Waals surface area contributed by atoms with Crippen LogP contribution in [0.2, 0.25) is 0 Å². The summed E-state index contributed by atoms with van der Waals surface area (Å²) < 4.78 is 0. The van der Waals surface area contributed by atoms with Crippen LogP contribution in [-0.4, -0.2) is 12.6 Å². The Labute approximate surface area is 100 Å². The second-order valence-electron chi connectivity index (χ2n) is 4.95. The first-order chi connectivity index (χ1) is 7.63. The second kappa shape index (κ2) is 6.70. The number of rotatable bonds is 6. The number of nitrogens with one attached hydrogen (secondary N) is 1. The normalized spacial score (nSPS) is 14.8. The number of aryl methyl sites for hydroxylation is 1. The van der Waals surface area contributed by atoms with Crippen LogP contribution in [0.1, 0.15) is 38.3 Å². The van der Waals surface area contributed by atoms with Gasteiger partial charge in [-0.3, -0.25) is 0 Å². The molecule has 0 fully saturated rings. The van der Waals surface area contributed by atoms with E-state index in [1.165, 1.54) is 17.5 Å². The highest BCUT2D eigenvalue weighted by molar-refractivity contribution is 5.26. The van der Waals surface area contributed by atoms with E-state index >= 15 is 0 Å². The highest BCUT2D eigenvalue weighted by atomic mass is 14.9. The maximum absolute atomic E-state index is 3.61. The van der Waals surface area contributed by atoms with Crippen molar-refractivity contribution in [1.29, 1.82) is 0 Å². The molecular weight excluding hydrogens is 194 g/mol. The van der Waals surface area contributed by atoms with Crippen LogP contribution >= 0.6 is 0 Å². The largest absolute Gasteiger partial charge is 0.314 e. The molecule has 2 atom stereocenters. The lowest BCUT2D eigenvalue weighted by Gasteiger charge is -2.17. The van der Waals surface area contributed by atoms with E-state index in [2.05, 4.69) is 57.3 Å². The molecule has 0 spiro atoms. The van der Waals surface area contributed by atoms with Crippen LogP contribution in [0.5, 0.6) is 0 Å². The first kappa shape index (κ1) is 13.2. The molecule has 1 N–H and O–H groups in total. The van der Waals surface area contributed by atoms with Crippen LogP contribution in [0, 0.1) is 12.8 Å². The zero-order valence-electron chi connectivity index (χ0n) is 11.1. The first-order valence-corrected chi connectivity index (χ1v) is 6.41. The molecule has 1 aromatic rings. The van der Waals surface area contributed by atoms with E-state index in [1.807, 2.05) is 0 Å². The van der Waals surface area contributed by atoms with Crippen molar-refractivity contribution in [3.8, 4) is 0 Å². The van der Waals surface area contributed by atoms with Crippen molar-refractivity contribution in [2.45, 2.75) is 46.6 Å². The van der Waals surface area contributed by atoms with E-state index in [1.54, 1.807) is 0 Å². The molecule has 90 valence electrons. The summed E-state index contributed by atoms with van der Waals surface area (Å²) in [5, 5.41) is 3.61. The topological polar surface area (TPSA) is 12.0 Å². The summed E-state index contributed by atoms with van der Waals surface area (Å²) in [6.45, 7) is 10.1. The fourth-order valence-corrected chi connectivity index (χ4v) is 1.79. The molecule has 0 aliphatic rings. The van der Waals surface area contributed by atoms with Crippen LogP contribution < -0.4 is 5.32 Å². The fraction of sp³-hybridized carbons (Fsp3) is 0.600. The first-order valence-electron chi connectivity index (χ1n) is 6.41. The quantitative estimate of drug-likeness (QED) is 0.771. The minimum absolute atomic E-state index is 0.565. The van der Waals surface area contributed by atoms with Gasteiger partial charge in [-0.25, -0.2) is 0 Å². The highest BCUT2D eigenvalue weighted by Gasteiger charge is 2.06. The number of hydrogen-bond donors (Lipinski definition) is 1. The average molecular weight is 219 g/mol. The molecule has 1 aromatic carbocycles. The van der Waals surface area contributed by atoms with E-state index in [-0.39, 0.29) is 0 Å². The summed E-state index contributed by atoms with van der Waals surface area (Å²) in [5.41, 5.74) is 2.87. The van der Waals surface area contributed by atoms with Gasteiger partial charge in [0, 0.05) is 6.04 Å². The standard InChI is InChI=1S/C15H25N/c1-5-12(2)11-16-14(4)10-15-9-7-6-8-13(15)3/h6-9,12,14,16H,5,10-11H2,1-4H3. The second-order valence-corrected chi connectivity index (χ2v) is 4.95. The van der Waals surface area contributed by atoms with Crippen molar-refractivity contribution < 1.29 is 0 Å². The van der Waals surface area contributed by atoms with E-state index in [0.717, 1.165) is 18.9 Å². The van der Waals surface area contributed by atoms with Crippen LogP contribution in [0.15, 0.2) is 24.3 Å². The molecule has 16 heavy (non-hydrogen) atoms. The molecule has 1 rings (SSSR count). The fourth-order valence-electron chi connectivity index (χ4n) is 1.79. The summed E-state index contributed by atoms with van der Waals surface area (Å²) in [6, 6.07) is 9.22. The highest BCUT2D eigenvalue weighted by Crippen LogP contribution is 2.10. The molecule has 0 aromatic heterocycles. The van der Waals surface area contributed by atoms with Gasteiger partial charge in [-0.15, -0.1) is 0 Å². The minimum atomic E-state index is 0.565. The van der Waals surface area contributed by atoms with Crippen molar-refractivity contribution in [3.63, 3.8) is 0 Å². The van der Waals surface area contributed by atoms with Gasteiger partial charge in [0.15, 0.2) is 0 Å². The van der Waals surface area contributed by atoms with Crippen molar-refractivity contribution in [2.24, 2.45) is 5.92 Å². The van der Waals surface area contributed by atoms with Gasteiger partial charge in [0.05, 0.1) is 0 Å². The Balaban J connectivity index is 2.40. The summed E-state index contributed by atoms with van der Waals surface area (Å²) in [7, 11) is 0. The van der Waals surface area contributed by atoms with E-state index in [9.17, 15) is 0 Å². The van der Waals surface area contributed by atoms with Gasteiger partial charge in [-0.2, -0.15) is 0 Å². The van der Waals surface area contributed by atoms with E-state index in [4.69, 9.17) is 0 Å². The smallest absolute Gasteiger partial charge is 0.00793 e. The Kier molecular flexibility index (Phi) is 5.54. The van der Waals surface area contributed by atoms with Gasteiger partial charge in [-0.05, 0) is 43.9 Å². The summed E-state index contributed by atoms with van der Waals surface area (Å²) >= 11 is 0. The molecule has 0 saturated heterocycles. The van der Waals surface area contributed by atoms with E-state index < -0.39 is 0 Å². The van der Waals surface area contributed by atoms with Crippen LogP contribution in [0.25, 0.3) is 0 Å². The summed E-state index contributed by atoms with van der Waals surface area (Å²) in [4.78, 5) is 0. The maximum atomic E-state index is 3.61. The van der Waals surface area contributed by atoms with Gasteiger partial charge in [0.25, 0.3) is 0 Å².